The SMILES string of the molecule is CCC(C)(C)c1cccc2ocnc12. The van der Waals surface area contributed by atoms with Crippen molar-refractivity contribution in [3.63, 3.8) is 0 Å². The largest absolute Gasteiger partial charge is 0.443 e. The van der Waals surface area contributed by atoms with Gasteiger partial charge in [0.05, 0.1) is 0 Å². The van der Waals surface area contributed by atoms with E-state index in [1.807, 2.05) is 12.1 Å². The van der Waals surface area contributed by atoms with Crippen LogP contribution in [0.3, 0.4) is 0 Å². The first kappa shape index (κ1) is 9.25. The molecule has 0 spiro atoms. The van der Waals surface area contributed by atoms with E-state index in [-0.39, 0.29) is 5.41 Å². The lowest BCUT2D eigenvalue weighted by Gasteiger charge is -2.23. The molecule has 0 radical (unpaired) electrons. The number of fused-ring (bicyclic) bond motifs is 1. The van der Waals surface area contributed by atoms with Crippen molar-refractivity contribution < 1.29 is 4.42 Å². The Morgan fingerprint density at radius 2 is 2.14 bits per heavy atom. The number of oxazole rings is 1. The minimum Gasteiger partial charge on any atom is -0.443 e. The molecule has 2 heteroatoms. The number of hydrogen-bond acceptors (Lipinski definition) is 2. The second-order valence-corrected chi connectivity index (χ2v) is 4.24. The second-order valence-electron chi connectivity index (χ2n) is 4.24. The third-order valence-corrected chi connectivity index (χ3v) is 2.97. The maximum Gasteiger partial charge on any atom is 0.181 e. The van der Waals surface area contributed by atoms with Gasteiger partial charge < -0.3 is 4.42 Å². The summed E-state index contributed by atoms with van der Waals surface area (Å²) in [7, 11) is 0. The fourth-order valence-electron chi connectivity index (χ4n) is 1.62. The molecule has 1 aromatic heterocycles. The van der Waals surface area contributed by atoms with Gasteiger partial charge in [0.25, 0.3) is 0 Å². The van der Waals surface area contributed by atoms with Gasteiger partial charge in [0.15, 0.2) is 12.0 Å². The maximum absolute atomic E-state index is 5.29. The molecule has 0 amide bonds. The van der Waals surface area contributed by atoms with E-state index in [1.54, 1.807) is 0 Å². The molecule has 0 aliphatic heterocycles. The van der Waals surface area contributed by atoms with E-state index >= 15 is 0 Å². The molecule has 1 heterocycles. The summed E-state index contributed by atoms with van der Waals surface area (Å²) in [5.41, 5.74) is 3.31. The molecule has 0 saturated carbocycles. The average Bonchev–Trinajstić information content (AvgIpc) is 2.64. The van der Waals surface area contributed by atoms with Crippen molar-refractivity contribution in [2.24, 2.45) is 0 Å². The highest BCUT2D eigenvalue weighted by atomic mass is 16.3. The standard InChI is InChI=1S/C12H15NO/c1-4-12(2,3)9-6-5-7-10-11(9)13-8-14-10/h5-8H,4H2,1-3H3. The van der Waals surface area contributed by atoms with Crippen LogP contribution in [0.4, 0.5) is 0 Å². The molecule has 0 saturated heterocycles. The zero-order chi connectivity index (χ0) is 10.2. The highest BCUT2D eigenvalue weighted by Crippen LogP contribution is 2.31. The molecular formula is C12H15NO. The molecule has 0 fully saturated rings. The quantitative estimate of drug-likeness (QED) is 0.722. The molecule has 2 nitrogen and oxygen atoms in total. The van der Waals surface area contributed by atoms with E-state index in [0.29, 0.717) is 0 Å². The van der Waals surface area contributed by atoms with Gasteiger partial charge in [-0.15, -0.1) is 0 Å². The van der Waals surface area contributed by atoms with Gasteiger partial charge in [0, 0.05) is 0 Å². The van der Waals surface area contributed by atoms with Crippen LogP contribution in [0, 0.1) is 0 Å². The summed E-state index contributed by atoms with van der Waals surface area (Å²) < 4.78 is 5.29. The zero-order valence-electron chi connectivity index (χ0n) is 8.87. The van der Waals surface area contributed by atoms with Crippen LogP contribution in [0.15, 0.2) is 29.0 Å². The first-order valence-electron chi connectivity index (χ1n) is 4.98. The van der Waals surface area contributed by atoms with Gasteiger partial charge in [0.1, 0.15) is 5.52 Å². The number of benzene rings is 1. The Balaban J connectivity index is 2.67. The van der Waals surface area contributed by atoms with Crippen molar-refractivity contribution in [2.75, 3.05) is 0 Å². The lowest BCUT2D eigenvalue weighted by Crippen LogP contribution is -2.15. The van der Waals surface area contributed by atoms with Gasteiger partial charge in [-0.05, 0) is 23.5 Å². The third kappa shape index (κ3) is 1.31. The first-order chi connectivity index (χ1) is 6.65. The second kappa shape index (κ2) is 3.12. The number of hydrogen-bond donors (Lipinski definition) is 0. The van der Waals surface area contributed by atoms with E-state index in [0.717, 1.165) is 17.5 Å². The summed E-state index contributed by atoms with van der Waals surface area (Å²) in [6.45, 7) is 6.66. The van der Waals surface area contributed by atoms with Crippen LogP contribution in [0.5, 0.6) is 0 Å². The smallest absolute Gasteiger partial charge is 0.181 e. The van der Waals surface area contributed by atoms with Gasteiger partial charge in [-0.2, -0.15) is 0 Å². The minimum atomic E-state index is 0.163. The highest BCUT2D eigenvalue weighted by Gasteiger charge is 2.21. The zero-order valence-corrected chi connectivity index (χ0v) is 8.87. The normalized spacial score (nSPS) is 12.2. The lowest BCUT2D eigenvalue weighted by atomic mass is 9.81. The topological polar surface area (TPSA) is 26.0 Å². The van der Waals surface area contributed by atoms with E-state index < -0.39 is 0 Å². The molecule has 14 heavy (non-hydrogen) atoms. The molecule has 2 rings (SSSR count). The van der Waals surface area contributed by atoms with Crippen molar-refractivity contribution in [3.8, 4) is 0 Å². The average molecular weight is 189 g/mol. The van der Waals surface area contributed by atoms with E-state index in [2.05, 4.69) is 31.8 Å². The monoisotopic (exact) mass is 189 g/mol. The number of aromatic nitrogens is 1. The number of para-hydroxylation sites is 1. The Hall–Kier alpha value is -1.31. The van der Waals surface area contributed by atoms with Crippen LogP contribution in [-0.2, 0) is 5.41 Å². The van der Waals surface area contributed by atoms with Crippen molar-refractivity contribution in [1.29, 1.82) is 0 Å². The Bertz CT molecular complexity index is 442. The minimum absolute atomic E-state index is 0.163. The molecular weight excluding hydrogens is 174 g/mol. The summed E-state index contributed by atoms with van der Waals surface area (Å²) in [5.74, 6) is 0. The van der Waals surface area contributed by atoms with Gasteiger partial charge in [-0.3, -0.25) is 0 Å². The van der Waals surface area contributed by atoms with Gasteiger partial charge >= 0.3 is 0 Å². The van der Waals surface area contributed by atoms with Crippen molar-refractivity contribution >= 4 is 11.1 Å². The molecule has 0 N–H and O–H groups in total. The fraction of sp³-hybridized carbons (Fsp3) is 0.417. The van der Waals surface area contributed by atoms with E-state index in [9.17, 15) is 0 Å². The molecule has 2 aromatic rings. The third-order valence-electron chi connectivity index (χ3n) is 2.97. The van der Waals surface area contributed by atoms with Crippen LogP contribution in [-0.4, -0.2) is 4.98 Å². The van der Waals surface area contributed by atoms with Crippen LogP contribution in [0.25, 0.3) is 11.1 Å². The van der Waals surface area contributed by atoms with Gasteiger partial charge in [-0.1, -0.05) is 32.9 Å². The molecule has 0 unspecified atom stereocenters. The molecule has 0 aliphatic rings. The van der Waals surface area contributed by atoms with Crippen LogP contribution in [0.1, 0.15) is 32.8 Å². The maximum atomic E-state index is 5.29. The highest BCUT2D eigenvalue weighted by molar-refractivity contribution is 5.77. The van der Waals surface area contributed by atoms with Gasteiger partial charge in [0.2, 0.25) is 0 Å². The van der Waals surface area contributed by atoms with E-state index in [1.165, 1.54) is 12.0 Å². The molecule has 0 bridgehead atoms. The number of nitrogens with zero attached hydrogens (tertiary/aromatic N) is 1. The summed E-state index contributed by atoms with van der Waals surface area (Å²) >= 11 is 0. The Morgan fingerprint density at radius 3 is 2.86 bits per heavy atom. The van der Waals surface area contributed by atoms with Crippen LogP contribution < -0.4 is 0 Å². The number of rotatable bonds is 2. The Labute approximate surface area is 84.0 Å². The molecule has 0 aliphatic carbocycles. The first-order valence-corrected chi connectivity index (χ1v) is 4.98. The molecule has 74 valence electrons. The van der Waals surface area contributed by atoms with Crippen LogP contribution >= 0.6 is 0 Å². The van der Waals surface area contributed by atoms with Crippen LogP contribution in [0.2, 0.25) is 0 Å². The molecule has 1 aromatic carbocycles. The predicted octanol–water partition coefficient (Wildman–Crippen LogP) is 3.52. The predicted molar refractivity (Wildman–Crippen MR) is 57.3 cm³/mol. The summed E-state index contributed by atoms with van der Waals surface area (Å²) in [6, 6.07) is 6.12. The Kier molecular flexibility index (Phi) is 2.06. The summed E-state index contributed by atoms with van der Waals surface area (Å²) in [6.07, 6.45) is 2.61. The van der Waals surface area contributed by atoms with Crippen molar-refractivity contribution in [1.82, 2.24) is 4.98 Å². The fourth-order valence-corrected chi connectivity index (χ4v) is 1.62. The molecule has 0 atom stereocenters. The van der Waals surface area contributed by atoms with E-state index in [4.69, 9.17) is 4.42 Å². The van der Waals surface area contributed by atoms with Gasteiger partial charge in [-0.25, -0.2) is 4.98 Å². The summed E-state index contributed by atoms with van der Waals surface area (Å²) in [5, 5.41) is 0. The van der Waals surface area contributed by atoms with Crippen molar-refractivity contribution in [2.45, 2.75) is 32.6 Å². The lowest BCUT2D eigenvalue weighted by molar-refractivity contribution is 0.509. The Morgan fingerprint density at radius 1 is 1.36 bits per heavy atom. The van der Waals surface area contributed by atoms with Crippen molar-refractivity contribution in [3.05, 3.63) is 30.2 Å². The summed E-state index contributed by atoms with van der Waals surface area (Å²) in [4.78, 5) is 4.27.